The lowest BCUT2D eigenvalue weighted by atomic mass is 10.2. The Bertz CT molecular complexity index is 488. The summed E-state index contributed by atoms with van der Waals surface area (Å²) < 4.78 is 0.984. The highest BCUT2D eigenvalue weighted by atomic mass is 127. The standard InChI is InChI=1S/C10H11IN4.C2H6/c11-8-4-3-7-10(14-8)15-9(13-7)6-2-1-5-12-6;1-2/h3-4,6,12H,1-2,5H2,(H,13,14,15);1-2H3. The summed E-state index contributed by atoms with van der Waals surface area (Å²) in [6, 6.07) is 4.42. The predicted octanol–water partition coefficient (Wildman–Crippen LogP) is 3.01. The summed E-state index contributed by atoms with van der Waals surface area (Å²) in [4.78, 5) is 12.2. The van der Waals surface area contributed by atoms with Gasteiger partial charge in [0.1, 0.15) is 9.53 Å². The minimum Gasteiger partial charge on any atom is -0.339 e. The molecular formula is C12H17IN4. The number of imidazole rings is 1. The van der Waals surface area contributed by atoms with Gasteiger partial charge in [0.15, 0.2) is 5.65 Å². The average molecular weight is 344 g/mol. The molecule has 1 unspecified atom stereocenters. The van der Waals surface area contributed by atoms with Crippen LogP contribution in [0, 0.1) is 3.70 Å². The zero-order valence-electron chi connectivity index (χ0n) is 10.1. The van der Waals surface area contributed by atoms with Crippen LogP contribution in [0.3, 0.4) is 0 Å². The minimum absolute atomic E-state index is 0.386. The third-order valence-corrected chi connectivity index (χ3v) is 3.32. The molecule has 1 saturated heterocycles. The quantitative estimate of drug-likeness (QED) is 0.618. The zero-order valence-corrected chi connectivity index (χ0v) is 12.3. The lowest BCUT2D eigenvalue weighted by molar-refractivity contribution is 0.614. The van der Waals surface area contributed by atoms with Crippen molar-refractivity contribution >= 4 is 33.8 Å². The summed E-state index contributed by atoms with van der Waals surface area (Å²) in [5, 5.41) is 3.43. The molecule has 0 aliphatic carbocycles. The van der Waals surface area contributed by atoms with Crippen LogP contribution in [0.25, 0.3) is 11.2 Å². The molecule has 4 nitrogen and oxygen atoms in total. The highest BCUT2D eigenvalue weighted by Gasteiger charge is 2.19. The fourth-order valence-corrected chi connectivity index (χ4v) is 2.38. The van der Waals surface area contributed by atoms with Gasteiger partial charge in [0.2, 0.25) is 0 Å². The van der Waals surface area contributed by atoms with Crippen molar-refractivity contribution in [1.29, 1.82) is 0 Å². The van der Waals surface area contributed by atoms with E-state index in [2.05, 4.69) is 42.9 Å². The maximum Gasteiger partial charge on any atom is 0.178 e. The second-order valence-corrected chi connectivity index (χ2v) is 4.88. The van der Waals surface area contributed by atoms with Crippen LogP contribution in [0.2, 0.25) is 0 Å². The second kappa shape index (κ2) is 5.77. The lowest BCUT2D eigenvalue weighted by Crippen LogP contribution is -2.14. The van der Waals surface area contributed by atoms with Crippen molar-refractivity contribution in [3.05, 3.63) is 21.7 Å². The Balaban J connectivity index is 0.000000514. The van der Waals surface area contributed by atoms with Gasteiger partial charge in [-0.1, -0.05) is 13.8 Å². The number of fused-ring (bicyclic) bond motifs is 1. The normalized spacial score (nSPS) is 19.1. The third-order valence-electron chi connectivity index (χ3n) is 2.72. The summed E-state index contributed by atoms with van der Waals surface area (Å²) >= 11 is 2.20. The Hall–Kier alpha value is -0.690. The van der Waals surface area contributed by atoms with Crippen molar-refractivity contribution in [2.24, 2.45) is 0 Å². The van der Waals surface area contributed by atoms with Crippen molar-refractivity contribution in [2.75, 3.05) is 6.54 Å². The Kier molecular flexibility index (Phi) is 4.33. The lowest BCUT2D eigenvalue weighted by Gasteiger charge is -2.04. The van der Waals surface area contributed by atoms with Gasteiger partial charge in [-0.15, -0.1) is 0 Å². The number of pyridine rings is 1. The van der Waals surface area contributed by atoms with E-state index < -0.39 is 0 Å². The van der Waals surface area contributed by atoms with Crippen LogP contribution in [0.15, 0.2) is 12.1 Å². The van der Waals surface area contributed by atoms with Crippen LogP contribution in [-0.4, -0.2) is 21.5 Å². The van der Waals surface area contributed by atoms with Gasteiger partial charge in [-0.2, -0.15) is 0 Å². The Labute approximate surface area is 115 Å². The molecule has 3 rings (SSSR count). The van der Waals surface area contributed by atoms with E-state index in [9.17, 15) is 0 Å². The summed E-state index contributed by atoms with van der Waals surface area (Å²) in [5.41, 5.74) is 1.85. The smallest absolute Gasteiger partial charge is 0.178 e. The van der Waals surface area contributed by atoms with E-state index in [-0.39, 0.29) is 0 Å². The highest BCUT2D eigenvalue weighted by Crippen LogP contribution is 2.22. The maximum atomic E-state index is 4.52. The molecule has 0 spiro atoms. The number of hydrogen-bond acceptors (Lipinski definition) is 3. The average Bonchev–Trinajstić information content (AvgIpc) is 2.99. The van der Waals surface area contributed by atoms with E-state index in [1.807, 2.05) is 26.0 Å². The molecule has 0 amide bonds. The van der Waals surface area contributed by atoms with E-state index >= 15 is 0 Å². The molecule has 0 saturated carbocycles. The van der Waals surface area contributed by atoms with Gasteiger partial charge in [0.25, 0.3) is 0 Å². The maximum absolute atomic E-state index is 4.52. The van der Waals surface area contributed by atoms with Crippen molar-refractivity contribution in [1.82, 2.24) is 20.3 Å². The Morgan fingerprint density at radius 3 is 2.82 bits per heavy atom. The van der Waals surface area contributed by atoms with E-state index in [1.165, 1.54) is 6.42 Å². The topological polar surface area (TPSA) is 53.6 Å². The van der Waals surface area contributed by atoms with Crippen molar-refractivity contribution in [3.63, 3.8) is 0 Å². The van der Waals surface area contributed by atoms with E-state index in [4.69, 9.17) is 0 Å². The molecule has 1 aliphatic heterocycles. The first-order valence-electron chi connectivity index (χ1n) is 6.08. The van der Waals surface area contributed by atoms with Gasteiger partial charge in [-0.05, 0) is 54.1 Å². The van der Waals surface area contributed by atoms with Crippen LogP contribution < -0.4 is 5.32 Å². The summed E-state index contributed by atoms with van der Waals surface area (Å²) in [6.07, 6.45) is 2.39. The van der Waals surface area contributed by atoms with Gasteiger partial charge in [-0.3, -0.25) is 0 Å². The monoisotopic (exact) mass is 344 g/mol. The van der Waals surface area contributed by atoms with Crippen molar-refractivity contribution < 1.29 is 0 Å². The van der Waals surface area contributed by atoms with Crippen LogP contribution in [0.5, 0.6) is 0 Å². The molecule has 0 bridgehead atoms. The molecule has 3 heterocycles. The Morgan fingerprint density at radius 1 is 1.29 bits per heavy atom. The van der Waals surface area contributed by atoms with E-state index in [0.717, 1.165) is 33.7 Å². The van der Waals surface area contributed by atoms with Gasteiger partial charge in [-0.25, -0.2) is 9.97 Å². The molecule has 0 aromatic carbocycles. The zero-order chi connectivity index (χ0) is 12.3. The first-order chi connectivity index (χ1) is 8.33. The number of H-pyrrole nitrogens is 1. The fourth-order valence-electron chi connectivity index (χ4n) is 1.97. The molecule has 5 heteroatoms. The number of rotatable bonds is 1. The van der Waals surface area contributed by atoms with E-state index in [1.54, 1.807) is 0 Å². The largest absolute Gasteiger partial charge is 0.339 e. The second-order valence-electron chi connectivity index (χ2n) is 3.78. The molecule has 2 aromatic heterocycles. The fraction of sp³-hybridized carbons (Fsp3) is 0.500. The Morgan fingerprint density at radius 2 is 2.12 bits per heavy atom. The number of halogens is 1. The molecule has 17 heavy (non-hydrogen) atoms. The molecule has 1 atom stereocenters. The first-order valence-corrected chi connectivity index (χ1v) is 7.16. The van der Waals surface area contributed by atoms with Crippen molar-refractivity contribution in [3.8, 4) is 0 Å². The van der Waals surface area contributed by atoms with Gasteiger partial charge < -0.3 is 10.3 Å². The van der Waals surface area contributed by atoms with Crippen molar-refractivity contribution in [2.45, 2.75) is 32.7 Å². The van der Waals surface area contributed by atoms with Crippen LogP contribution in [-0.2, 0) is 0 Å². The molecule has 2 N–H and O–H groups in total. The number of hydrogen-bond donors (Lipinski definition) is 2. The number of aromatic amines is 1. The summed E-state index contributed by atoms with van der Waals surface area (Å²) in [7, 11) is 0. The number of nitrogens with one attached hydrogen (secondary N) is 2. The molecular weight excluding hydrogens is 327 g/mol. The molecule has 1 aliphatic rings. The summed E-state index contributed by atoms with van der Waals surface area (Å²) in [6.45, 7) is 5.09. The molecule has 1 fully saturated rings. The van der Waals surface area contributed by atoms with Gasteiger partial charge >= 0.3 is 0 Å². The molecule has 2 aromatic rings. The van der Waals surface area contributed by atoms with Gasteiger partial charge in [0.05, 0.1) is 11.6 Å². The molecule has 92 valence electrons. The predicted molar refractivity (Wildman–Crippen MR) is 77.9 cm³/mol. The number of aromatic nitrogens is 3. The first kappa shape index (κ1) is 12.8. The van der Waals surface area contributed by atoms with Gasteiger partial charge in [0, 0.05) is 0 Å². The van der Waals surface area contributed by atoms with Crippen LogP contribution in [0.1, 0.15) is 38.6 Å². The number of nitrogens with zero attached hydrogens (tertiary/aromatic N) is 2. The minimum atomic E-state index is 0.386. The highest BCUT2D eigenvalue weighted by molar-refractivity contribution is 14.1. The molecule has 0 radical (unpaired) electrons. The SMILES string of the molecule is CC.Ic1ccc2[nH]c(C3CCCN3)nc2n1. The third kappa shape index (κ3) is 2.77. The van der Waals surface area contributed by atoms with E-state index in [0.29, 0.717) is 6.04 Å². The summed E-state index contributed by atoms with van der Waals surface area (Å²) in [5.74, 6) is 1.03. The van der Waals surface area contributed by atoms with Crippen LogP contribution in [0.4, 0.5) is 0 Å². The van der Waals surface area contributed by atoms with Crippen LogP contribution >= 0.6 is 22.6 Å².